The largest absolute Gasteiger partial charge is 0.489 e. The Morgan fingerprint density at radius 2 is 1.57 bits per heavy atom. The summed E-state index contributed by atoms with van der Waals surface area (Å²) < 4.78 is 71.2. The van der Waals surface area contributed by atoms with Crippen LogP contribution in [0.1, 0.15) is 38.2 Å². The number of hydrogen-bond acceptors (Lipinski definition) is 4. The van der Waals surface area contributed by atoms with E-state index in [0.717, 1.165) is 23.8 Å². The lowest BCUT2D eigenvalue weighted by Gasteiger charge is -2.12. The molecule has 35 heavy (non-hydrogen) atoms. The zero-order valence-corrected chi connectivity index (χ0v) is 19.8. The Labute approximate surface area is 201 Å². The number of benzene rings is 3. The molecule has 2 N–H and O–H groups in total. The molecule has 0 unspecified atom stereocenters. The highest BCUT2D eigenvalue weighted by molar-refractivity contribution is 7.89. The lowest BCUT2D eigenvalue weighted by atomic mass is 10.0. The number of aromatic carboxylic acids is 1. The van der Waals surface area contributed by atoms with Gasteiger partial charge >= 0.3 is 12.1 Å². The van der Waals surface area contributed by atoms with Crippen LogP contribution in [0.5, 0.6) is 5.75 Å². The van der Waals surface area contributed by atoms with Gasteiger partial charge in [0, 0.05) is 6.54 Å². The van der Waals surface area contributed by atoms with E-state index < -0.39 is 27.7 Å². The third-order valence-corrected chi connectivity index (χ3v) is 6.94. The summed E-state index contributed by atoms with van der Waals surface area (Å²) in [5, 5.41) is 9.30. The molecule has 186 valence electrons. The van der Waals surface area contributed by atoms with E-state index in [0.29, 0.717) is 28.9 Å². The molecule has 0 bridgehead atoms. The minimum Gasteiger partial charge on any atom is -0.489 e. The predicted octanol–water partition coefficient (Wildman–Crippen LogP) is 5.12. The molecule has 0 aliphatic rings. The normalized spacial score (nSPS) is 11.9. The Bertz CT molecular complexity index is 1300. The standard InChI is InChI=1S/C25H24F3NO5S/c1-16-13-22(14-23(17(16)2)24(30)31)35(32,33)29-12-11-18-5-9-21(10-6-18)34-15-19-3-7-20(8-4-19)25(26,27)28/h3-10,13-14,29H,11-12,15H2,1-2H3,(H,30,31). The fraction of sp³-hybridized carbons (Fsp3) is 0.240. The van der Waals surface area contributed by atoms with Crippen molar-refractivity contribution in [3.63, 3.8) is 0 Å². The van der Waals surface area contributed by atoms with Gasteiger partial charge in [-0.15, -0.1) is 0 Å². The molecule has 3 aromatic rings. The highest BCUT2D eigenvalue weighted by atomic mass is 32.2. The Kier molecular flexibility index (Phi) is 7.86. The minimum absolute atomic E-state index is 0.0581. The summed E-state index contributed by atoms with van der Waals surface area (Å²) in [5.41, 5.74) is 1.72. The van der Waals surface area contributed by atoms with Gasteiger partial charge in [-0.2, -0.15) is 13.2 Å². The van der Waals surface area contributed by atoms with Gasteiger partial charge in [-0.25, -0.2) is 17.9 Å². The first kappa shape index (κ1) is 26.2. The Hall–Kier alpha value is -3.37. The predicted molar refractivity (Wildman–Crippen MR) is 124 cm³/mol. The van der Waals surface area contributed by atoms with Crippen molar-refractivity contribution in [3.8, 4) is 5.75 Å². The number of carbonyl (C=O) groups is 1. The van der Waals surface area contributed by atoms with E-state index in [9.17, 15) is 31.5 Å². The van der Waals surface area contributed by atoms with Crippen molar-refractivity contribution in [1.82, 2.24) is 4.72 Å². The second-order valence-corrected chi connectivity index (χ2v) is 9.76. The van der Waals surface area contributed by atoms with Gasteiger partial charge in [0.1, 0.15) is 12.4 Å². The molecule has 0 spiro atoms. The number of alkyl halides is 3. The third-order valence-electron chi connectivity index (χ3n) is 5.50. The number of nitrogens with one attached hydrogen (secondary N) is 1. The number of carboxylic acids is 1. The molecule has 0 aromatic heterocycles. The van der Waals surface area contributed by atoms with Gasteiger partial charge in [-0.1, -0.05) is 24.3 Å². The van der Waals surface area contributed by atoms with E-state index in [1.807, 2.05) is 0 Å². The maximum atomic E-state index is 12.6. The van der Waals surface area contributed by atoms with Gasteiger partial charge in [0.2, 0.25) is 10.0 Å². The molecule has 0 heterocycles. The van der Waals surface area contributed by atoms with Crippen molar-refractivity contribution in [2.45, 2.75) is 37.9 Å². The summed E-state index contributed by atoms with van der Waals surface area (Å²) in [6.07, 6.45) is -4.00. The number of rotatable bonds is 9. The second kappa shape index (κ2) is 10.5. The average molecular weight is 508 g/mol. The third kappa shape index (κ3) is 6.83. The van der Waals surface area contributed by atoms with Crippen LogP contribution < -0.4 is 9.46 Å². The van der Waals surface area contributed by atoms with Crippen LogP contribution in [-0.4, -0.2) is 26.0 Å². The molecule has 0 aliphatic carbocycles. The highest BCUT2D eigenvalue weighted by Gasteiger charge is 2.29. The van der Waals surface area contributed by atoms with Crippen LogP contribution in [0, 0.1) is 13.8 Å². The molecular formula is C25H24F3NO5S. The maximum Gasteiger partial charge on any atom is 0.416 e. The number of carboxylic acid groups (broad SMARTS) is 1. The van der Waals surface area contributed by atoms with Gasteiger partial charge in [0.15, 0.2) is 0 Å². The topological polar surface area (TPSA) is 92.7 Å². The monoisotopic (exact) mass is 507 g/mol. The van der Waals surface area contributed by atoms with Crippen LogP contribution >= 0.6 is 0 Å². The van der Waals surface area contributed by atoms with E-state index in [-0.39, 0.29) is 23.6 Å². The van der Waals surface area contributed by atoms with E-state index in [1.54, 1.807) is 38.1 Å². The number of hydrogen-bond donors (Lipinski definition) is 2. The van der Waals surface area contributed by atoms with Crippen molar-refractivity contribution in [3.05, 3.63) is 94.0 Å². The van der Waals surface area contributed by atoms with Gasteiger partial charge < -0.3 is 9.84 Å². The summed E-state index contributed by atoms with van der Waals surface area (Å²) in [4.78, 5) is 11.3. The van der Waals surface area contributed by atoms with Crippen LogP contribution in [0.15, 0.2) is 65.6 Å². The van der Waals surface area contributed by atoms with Crippen molar-refractivity contribution >= 4 is 16.0 Å². The molecular weight excluding hydrogens is 483 g/mol. The number of sulfonamides is 1. The number of aryl methyl sites for hydroxylation is 1. The fourth-order valence-corrected chi connectivity index (χ4v) is 4.47. The van der Waals surface area contributed by atoms with E-state index in [4.69, 9.17) is 4.74 Å². The average Bonchev–Trinajstić information content (AvgIpc) is 2.79. The summed E-state index contributed by atoms with van der Waals surface area (Å²) in [5.74, 6) is -0.672. The minimum atomic E-state index is -4.39. The second-order valence-electron chi connectivity index (χ2n) is 7.99. The zero-order chi connectivity index (χ0) is 25.8. The summed E-state index contributed by atoms with van der Waals surface area (Å²) >= 11 is 0. The summed E-state index contributed by atoms with van der Waals surface area (Å²) in [6.45, 7) is 3.48. The quantitative estimate of drug-likeness (QED) is 0.419. The fourth-order valence-electron chi connectivity index (χ4n) is 3.33. The van der Waals surface area contributed by atoms with E-state index in [1.165, 1.54) is 18.2 Å². The first-order valence-electron chi connectivity index (χ1n) is 10.6. The SMILES string of the molecule is Cc1cc(S(=O)(=O)NCCc2ccc(OCc3ccc(C(F)(F)F)cc3)cc2)cc(C(=O)O)c1C. The van der Waals surface area contributed by atoms with E-state index >= 15 is 0 Å². The van der Waals surface area contributed by atoms with Gasteiger partial charge in [0.05, 0.1) is 16.0 Å². The van der Waals surface area contributed by atoms with Gasteiger partial charge in [-0.3, -0.25) is 0 Å². The maximum absolute atomic E-state index is 12.6. The van der Waals surface area contributed by atoms with Crippen molar-refractivity contribution in [2.75, 3.05) is 6.54 Å². The smallest absolute Gasteiger partial charge is 0.416 e. The molecule has 0 amide bonds. The first-order chi connectivity index (χ1) is 16.4. The summed E-state index contributed by atoms with van der Waals surface area (Å²) in [6, 6.07) is 14.2. The van der Waals surface area contributed by atoms with Gasteiger partial charge in [0.25, 0.3) is 0 Å². The summed E-state index contributed by atoms with van der Waals surface area (Å²) in [7, 11) is -3.89. The van der Waals surface area contributed by atoms with Crippen molar-refractivity contribution < 1.29 is 36.2 Å². The molecule has 3 rings (SSSR count). The molecule has 3 aromatic carbocycles. The van der Waals surface area contributed by atoms with Crippen LogP contribution in [0.25, 0.3) is 0 Å². The lowest BCUT2D eigenvalue weighted by Crippen LogP contribution is -2.26. The molecule has 0 atom stereocenters. The van der Waals surface area contributed by atoms with Crippen molar-refractivity contribution in [1.29, 1.82) is 0 Å². The van der Waals surface area contributed by atoms with Gasteiger partial charge in [-0.05, 0) is 78.9 Å². The molecule has 0 radical (unpaired) electrons. The first-order valence-corrected chi connectivity index (χ1v) is 12.1. The zero-order valence-electron chi connectivity index (χ0n) is 19.0. The Morgan fingerprint density at radius 3 is 2.14 bits per heavy atom. The number of halogens is 3. The van der Waals surface area contributed by atoms with Crippen LogP contribution in [0.2, 0.25) is 0 Å². The molecule has 0 saturated carbocycles. The van der Waals surface area contributed by atoms with Crippen LogP contribution in [-0.2, 0) is 29.2 Å². The van der Waals surface area contributed by atoms with E-state index in [2.05, 4.69) is 4.72 Å². The highest BCUT2D eigenvalue weighted by Crippen LogP contribution is 2.29. The number of ether oxygens (including phenoxy) is 1. The van der Waals surface area contributed by atoms with Crippen molar-refractivity contribution in [2.24, 2.45) is 0 Å². The molecule has 0 fully saturated rings. The molecule has 6 nitrogen and oxygen atoms in total. The Balaban J connectivity index is 1.54. The molecule has 10 heteroatoms. The molecule has 0 aliphatic heterocycles. The lowest BCUT2D eigenvalue weighted by molar-refractivity contribution is -0.137. The van der Waals surface area contributed by atoms with Crippen LogP contribution in [0.4, 0.5) is 13.2 Å². The molecule has 0 saturated heterocycles. The van der Waals surface area contributed by atoms with Crippen LogP contribution in [0.3, 0.4) is 0 Å². The Morgan fingerprint density at radius 1 is 0.971 bits per heavy atom.